The molecule has 0 saturated heterocycles. The Hall–Kier alpha value is -2.82. The van der Waals surface area contributed by atoms with Crippen molar-refractivity contribution >= 4 is 11.7 Å². The molecule has 0 heterocycles. The normalized spacial score (nSPS) is 9.91. The van der Waals surface area contributed by atoms with Gasteiger partial charge in [0.25, 0.3) is 5.91 Å². The fourth-order valence-electron chi connectivity index (χ4n) is 1.92. The minimum absolute atomic E-state index is 0.262. The summed E-state index contributed by atoms with van der Waals surface area (Å²) in [5, 5.41) is 2.60. The molecule has 0 aliphatic rings. The maximum absolute atomic E-state index is 12.0. The zero-order chi connectivity index (χ0) is 15.9. The lowest BCUT2D eigenvalue weighted by molar-refractivity contribution is -0.117. The highest BCUT2D eigenvalue weighted by atomic mass is 16.5. The molecule has 22 heavy (non-hydrogen) atoms. The Morgan fingerprint density at radius 2 is 1.64 bits per heavy atom. The average Bonchev–Trinajstić information content (AvgIpc) is 2.59. The van der Waals surface area contributed by atoms with Gasteiger partial charge in [-0.3, -0.25) is 9.59 Å². The minimum atomic E-state index is -0.645. The van der Waals surface area contributed by atoms with E-state index in [0.29, 0.717) is 17.1 Å². The number of hydrogen-bond acceptors (Lipinski definition) is 4. The Morgan fingerprint density at radius 1 is 0.955 bits per heavy atom. The first-order valence-corrected chi connectivity index (χ1v) is 6.73. The molecule has 0 bridgehead atoms. The van der Waals surface area contributed by atoms with Gasteiger partial charge in [0.1, 0.15) is 11.5 Å². The molecule has 0 radical (unpaired) electrons. The molecule has 2 rings (SSSR count). The van der Waals surface area contributed by atoms with Crippen molar-refractivity contribution in [3.8, 4) is 11.5 Å². The number of benzene rings is 2. The van der Waals surface area contributed by atoms with Crippen LogP contribution in [0.3, 0.4) is 0 Å². The molecule has 114 valence electrons. The van der Waals surface area contributed by atoms with E-state index in [-0.39, 0.29) is 6.54 Å². The summed E-state index contributed by atoms with van der Waals surface area (Å²) >= 11 is 0. The summed E-state index contributed by atoms with van der Waals surface area (Å²) in [5.41, 5.74) is 1.18. The smallest absolute Gasteiger partial charge is 0.292 e. The fraction of sp³-hybridized carbons (Fsp3) is 0.176. The van der Waals surface area contributed by atoms with Crippen LogP contribution in [-0.4, -0.2) is 25.9 Å². The van der Waals surface area contributed by atoms with E-state index in [2.05, 4.69) is 5.32 Å². The molecule has 2 aromatic rings. The van der Waals surface area contributed by atoms with Crippen LogP contribution in [0.2, 0.25) is 0 Å². The zero-order valence-electron chi connectivity index (χ0n) is 12.5. The van der Waals surface area contributed by atoms with Crippen molar-refractivity contribution in [1.29, 1.82) is 0 Å². The molecule has 0 unspecified atom stereocenters. The molecule has 1 N–H and O–H groups in total. The lowest BCUT2D eigenvalue weighted by Crippen LogP contribution is -2.30. The molecule has 0 aromatic heterocycles. The third kappa shape index (κ3) is 3.85. The second-order valence-electron chi connectivity index (χ2n) is 4.59. The molecule has 0 fully saturated rings. The maximum Gasteiger partial charge on any atom is 0.292 e. The van der Waals surface area contributed by atoms with Crippen molar-refractivity contribution in [2.24, 2.45) is 0 Å². The molecule has 0 aliphatic carbocycles. The lowest BCUT2D eigenvalue weighted by atomic mass is 10.1. The topological polar surface area (TPSA) is 64.6 Å². The summed E-state index contributed by atoms with van der Waals surface area (Å²) in [4.78, 5) is 23.9. The van der Waals surface area contributed by atoms with E-state index in [9.17, 15) is 9.59 Å². The van der Waals surface area contributed by atoms with Crippen molar-refractivity contribution in [3.63, 3.8) is 0 Å². The summed E-state index contributed by atoms with van der Waals surface area (Å²) in [5.74, 6) is 0.111. The molecule has 5 heteroatoms. The van der Waals surface area contributed by atoms with E-state index in [1.54, 1.807) is 37.4 Å². The fourth-order valence-corrected chi connectivity index (χ4v) is 1.92. The van der Waals surface area contributed by atoms with Crippen LogP contribution in [0, 0.1) is 0 Å². The second-order valence-corrected chi connectivity index (χ2v) is 4.59. The van der Waals surface area contributed by atoms with Crippen molar-refractivity contribution in [1.82, 2.24) is 5.32 Å². The average molecular weight is 299 g/mol. The van der Waals surface area contributed by atoms with Crippen LogP contribution < -0.4 is 14.8 Å². The molecular formula is C17H17NO4. The van der Waals surface area contributed by atoms with E-state index >= 15 is 0 Å². The largest absolute Gasteiger partial charge is 0.497 e. The Bertz CT molecular complexity index is 665. The van der Waals surface area contributed by atoms with Crippen molar-refractivity contribution in [2.45, 2.75) is 6.54 Å². The summed E-state index contributed by atoms with van der Waals surface area (Å²) in [6.45, 7) is 0.262. The van der Waals surface area contributed by atoms with Gasteiger partial charge in [-0.25, -0.2) is 0 Å². The standard InChI is InChI=1S/C17H17NO4/c1-21-14-8-6-13(7-9-14)16(19)17(20)18-11-12-4-3-5-15(10-12)22-2/h3-10H,11H2,1-2H3,(H,18,20). The van der Waals surface area contributed by atoms with E-state index in [0.717, 1.165) is 5.56 Å². The van der Waals surface area contributed by atoms with Crippen molar-refractivity contribution in [3.05, 3.63) is 59.7 Å². The predicted molar refractivity (Wildman–Crippen MR) is 82.2 cm³/mol. The SMILES string of the molecule is COc1ccc(C(=O)C(=O)NCc2cccc(OC)c2)cc1. The molecule has 2 aromatic carbocycles. The van der Waals surface area contributed by atoms with Crippen LogP contribution in [-0.2, 0) is 11.3 Å². The quantitative estimate of drug-likeness (QED) is 0.656. The van der Waals surface area contributed by atoms with Gasteiger partial charge in [-0.05, 0) is 42.0 Å². The van der Waals surface area contributed by atoms with Gasteiger partial charge in [-0.1, -0.05) is 12.1 Å². The Morgan fingerprint density at radius 3 is 2.27 bits per heavy atom. The summed E-state index contributed by atoms with van der Waals surface area (Å²) in [6.07, 6.45) is 0. The van der Waals surface area contributed by atoms with Gasteiger partial charge in [0, 0.05) is 12.1 Å². The molecule has 0 saturated carbocycles. The van der Waals surface area contributed by atoms with E-state index in [1.165, 1.54) is 7.11 Å². The number of ether oxygens (including phenoxy) is 2. The third-order valence-corrected chi connectivity index (χ3v) is 3.15. The Labute approximate surface area is 128 Å². The van der Waals surface area contributed by atoms with Crippen LogP contribution in [0.25, 0.3) is 0 Å². The van der Waals surface area contributed by atoms with Gasteiger partial charge >= 0.3 is 0 Å². The predicted octanol–water partition coefficient (Wildman–Crippen LogP) is 2.20. The highest BCUT2D eigenvalue weighted by Gasteiger charge is 2.15. The van der Waals surface area contributed by atoms with E-state index in [1.807, 2.05) is 18.2 Å². The number of ketones is 1. The highest BCUT2D eigenvalue weighted by molar-refractivity contribution is 6.42. The van der Waals surface area contributed by atoms with E-state index in [4.69, 9.17) is 9.47 Å². The number of carbonyl (C=O) groups excluding carboxylic acids is 2. The second kappa shape index (κ2) is 7.26. The first kappa shape index (κ1) is 15.6. The van der Waals surface area contributed by atoms with E-state index < -0.39 is 11.7 Å². The monoisotopic (exact) mass is 299 g/mol. The van der Waals surface area contributed by atoms with Gasteiger partial charge in [0.05, 0.1) is 14.2 Å². The van der Waals surface area contributed by atoms with Crippen LogP contribution in [0.5, 0.6) is 11.5 Å². The van der Waals surface area contributed by atoms with Crippen molar-refractivity contribution < 1.29 is 19.1 Å². The van der Waals surface area contributed by atoms with Crippen LogP contribution in [0.4, 0.5) is 0 Å². The van der Waals surface area contributed by atoms with Crippen molar-refractivity contribution in [2.75, 3.05) is 14.2 Å². The highest BCUT2D eigenvalue weighted by Crippen LogP contribution is 2.13. The van der Waals surface area contributed by atoms with Gasteiger partial charge in [0.15, 0.2) is 0 Å². The van der Waals surface area contributed by atoms with Crippen LogP contribution >= 0.6 is 0 Å². The van der Waals surface area contributed by atoms with Crippen LogP contribution in [0.15, 0.2) is 48.5 Å². The number of amides is 1. The van der Waals surface area contributed by atoms with Gasteiger partial charge in [0.2, 0.25) is 5.78 Å². The molecule has 1 amide bonds. The molecule has 5 nitrogen and oxygen atoms in total. The zero-order valence-corrected chi connectivity index (χ0v) is 12.5. The molecule has 0 spiro atoms. The first-order valence-electron chi connectivity index (χ1n) is 6.73. The number of Topliss-reactive ketones (excluding diaryl/α,β-unsaturated/α-hetero) is 1. The molecule has 0 aliphatic heterocycles. The molecule has 0 atom stereocenters. The summed E-state index contributed by atoms with van der Waals surface area (Å²) < 4.78 is 10.1. The number of rotatable bonds is 6. The van der Waals surface area contributed by atoms with Gasteiger partial charge < -0.3 is 14.8 Å². The van der Waals surface area contributed by atoms with Gasteiger partial charge in [-0.2, -0.15) is 0 Å². The minimum Gasteiger partial charge on any atom is -0.497 e. The Kier molecular flexibility index (Phi) is 5.14. The first-order chi connectivity index (χ1) is 10.6. The third-order valence-electron chi connectivity index (χ3n) is 3.15. The summed E-state index contributed by atoms with van der Waals surface area (Å²) in [6, 6.07) is 13.7. The Balaban J connectivity index is 1.97. The lowest BCUT2D eigenvalue weighted by Gasteiger charge is -2.07. The number of methoxy groups -OCH3 is 2. The van der Waals surface area contributed by atoms with Gasteiger partial charge in [-0.15, -0.1) is 0 Å². The number of hydrogen-bond donors (Lipinski definition) is 1. The maximum atomic E-state index is 12.0. The summed E-state index contributed by atoms with van der Waals surface area (Å²) in [7, 11) is 3.11. The van der Waals surface area contributed by atoms with Crippen LogP contribution in [0.1, 0.15) is 15.9 Å². The number of nitrogens with one attached hydrogen (secondary N) is 1. The molecular weight excluding hydrogens is 282 g/mol. The number of carbonyl (C=O) groups is 2.